The highest BCUT2D eigenvalue weighted by atomic mass is 16.5. The molecule has 3 heterocycles. The van der Waals surface area contributed by atoms with E-state index < -0.39 is 0 Å². The maximum Gasteiger partial charge on any atom is 0.151 e. The average molecular weight is 820 g/mol. The molecule has 0 radical (unpaired) electrons. The Morgan fingerprint density at radius 2 is 0.905 bits per heavy atom. The van der Waals surface area contributed by atoms with Crippen molar-refractivity contribution in [1.82, 2.24) is 4.57 Å². The van der Waals surface area contributed by atoms with Gasteiger partial charge in [0.15, 0.2) is 23.0 Å². The number of anilines is 6. The predicted molar refractivity (Wildman–Crippen MR) is 251 cm³/mol. The number of para-hydroxylation sites is 1. The van der Waals surface area contributed by atoms with Crippen LogP contribution in [0.1, 0.15) is 72.6 Å². The number of nitrogens with zero attached hydrogens (tertiary/aromatic N) is 5. The third-order valence-corrected chi connectivity index (χ3v) is 14.1. The number of rotatable bonds is 5. The Morgan fingerprint density at radius 1 is 0.460 bits per heavy atom. The minimum absolute atomic E-state index is 0.00815. The molecule has 2 aliphatic carbocycles. The first kappa shape index (κ1) is 37.3. The first-order chi connectivity index (χ1) is 30.9. The quantitative estimate of drug-likeness (QED) is 0.172. The summed E-state index contributed by atoms with van der Waals surface area (Å²) >= 11 is 0. The molecule has 4 unspecified atom stereocenters. The van der Waals surface area contributed by atoms with E-state index in [4.69, 9.17) is 9.47 Å². The van der Waals surface area contributed by atoms with Gasteiger partial charge in [0.2, 0.25) is 0 Å². The standard InChI is InChI=1S/C56H45N5O2/c1-34-14-20-49-53(26-34)62-54-27-35(2)15-21-50(54)60(49)41-18-24-47-45(30-41)46-31-42(19-25-48(46)59(47)40-10-4-3-5-11-40)61-51-22-16-36(43-12-6-8-38(43)32-57)28-55(51)63-56-29-37(17-23-52(56)61)44-13-7-9-39(44)33-58/h3-5,10-11,14-31,38-39,43-44H,6-9,12-13H2,1-2H3. The second kappa shape index (κ2) is 14.6. The molecule has 7 nitrogen and oxygen atoms in total. The summed E-state index contributed by atoms with van der Waals surface area (Å²) in [6.45, 7) is 4.20. The molecule has 2 aliphatic heterocycles. The number of aryl methyl sites for hydroxylation is 2. The van der Waals surface area contributed by atoms with Crippen molar-refractivity contribution >= 4 is 55.9 Å². The van der Waals surface area contributed by atoms with Gasteiger partial charge >= 0.3 is 0 Å². The van der Waals surface area contributed by atoms with Crippen LogP contribution in [0, 0.1) is 48.3 Å². The minimum Gasteiger partial charge on any atom is -0.453 e. The van der Waals surface area contributed by atoms with Crippen molar-refractivity contribution in [3.8, 4) is 40.8 Å². The first-order valence-corrected chi connectivity index (χ1v) is 22.3. The predicted octanol–water partition coefficient (Wildman–Crippen LogP) is 15.4. The van der Waals surface area contributed by atoms with Crippen molar-refractivity contribution < 1.29 is 9.47 Å². The van der Waals surface area contributed by atoms with E-state index in [9.17, 15) is 10.5 Å². The first-order valence-electron chi connectivity index (χ1n) is 22.3. The second-order valence-electron chi connectivity index (χ2n) is 17.9. The number of fused-ring (bicyclic) bond motifs is 7. The number of aromatic nitrogens is 1. The van der Waals surface area contributed by atoms with Crippen LogP contribution in [0.5, 0.6) is 23.0 Å². The fraction of sp³-hybridized carbons (Fsp3) is 0.214. The lowest BCUT2D eigenvalue weighted by atomic mass is 9.88. The molecular formula is C56H45N5O2. The highest BCUT2D eigenvalue weighted by Crippen LogP contribution is 2.55. The molecule has 8 aromatic rings. The maximum absolute atomic E-state index is 10.0. The molecule has 4 aliphatic rings. The molecule has 63 heavy (non-hydrogen) atoms. The number of ether oxygens (including phenoxy) is 2. The fourth-order valence-electron chi connectivity index (χ4n) is 11.0. The Balaban J connectivity index is 1.06. The van der Waals surface area contributed by atoms with Gasteiger partial charge < -0.3 is 23.8 Å². The molecule has 306 valence electrons. The summed E-state index contributed by atoms with van der Waals surface area (Å²) in [7, 11) is 0. The van der Waals surface area contributed by atoms with Gasteiger partial charge in [0.1, 0.15) is 0 Å². The molecular weight excluding hydrogens is 775 g/mol. The number of hydrogen-bond acceptors (Lipinski definition) is 6. The summed E-state index contributed by atoms with van der Waals surface area (Å²) in [6, 6.07) is 55.4. The lowest BCUT2D eigenvalue weighted by molar-refractivity contribution is 0.472. The molecule has 0 spiro atoms. The molecule has 2 saturated carbocycles. The van der Waals surface area contributed by atoms with Crippen LogP contribution in [0.2, 0.25) is 0 Å². The Hall–Kier alpha value is -7.48. The Morgan fingerprint density at radius 3 is 1.37 bits per heavy atom. The van der Waals surface area contributed by atoms with Crippen molar-refractivity contribution in [2.45, 2.75) is 64.2 Å². The maximum atomic E-state index is 10.0. The zero-order valence-corrected chi connectivity index (χ0v) is 35.4. The Bertz CT molecular complexity index is 3110. The van der Waals surface area contributed by atoms with E-state index in [2.05, 4.69) is 180 Å². The average Bonchev–Trinajstić information content (AvgIpc) is 4.07. The number of hydrogen-bond donors (Lipinski definition) is 0. The lowest BCUT2D eigenvalue weighted by Crippen LogP contribution is -2.17. The van der Waals surface area contributed by atoms with Crippen molar-refractivity contribution in [3.05, 3.63) is 162 Å². The lowest BCUT2D eigenvalue weighted by Gasteiger charge is -2.34. The SMILES string of the molecule is Cc1ccc2c(c1)Oc1cc(C)ccc1N2c1ccc2c(c1)c1cc(N3c4ccc(C5CCCC5C#N)cc4Oc4cc(C5CCCC5C#N)ccc43)ccc1n2-c1ccccc1. The van der Waals surface area contributed by atoms with Gasteiger partial charge in [0.25, 0.3) is 0 Å². The van der Waals surface area contributed by atoms with E-state index in [1.807, 2.05) is 0 Å². The van der Waals surface area contributed by atoms with Gasteiger partial charge in [-0.1, -0.05) is 55.3 Å². The topological polar surface area (TPSA) is 77.5 Å². The Labute approximate surface area is 367 Å². The van der Waals surface area contributed by atoms with Crippen LogP contribution in [0.25, 0.3) is 27.5 Å². The van der Waals surface area contributed by atoms with E-state index in [0.29, 0.717) is 0 Å². The number of nitriles is 2. The second-order valence-corrected chi connectivity index (χ2v) is 17.9. The van der Waals surface area contributed by atoms with Crippen molar-refractivity contribution in [3.63, 3.8) is 0 Å². The van der Waals surface area contributed by atoms with E-state index in [-0.39, 0.29) is 23.7 Å². The van der Waals surface area contributed by atoms with Crippen molar-refractivity contribution in [2.75, 3.05) is 9.80 Å². The summed E-state index contributed by atoms with van der Waals surface area (Å²) < 4.78 is 15.8. The largest absolute Gasteiger partial charge is 0.453 e. The molecule has 0 N–H and O–H groups in total. The summed E-state index contributed by atoms with van der Waals surface area (Å²) in [5.74, 6) is 3.64. The van der Waals surface area contributed by atoms with E-state index in [1.165, 1.54) is 0 Å². The summed E-state index contributed by atoms with van der Waals surface area (Å²) in [5, 5.41) is 22.4. The van der Waals surface area contributed by atoms with Crippen molar-refractivity contribution in [1.29, 1.82) is 10.5 Å². The Kier molecular flexibility index (Phi) is 8.63. The third-order valence-electron chi connectivity index (χ3n) is 14.1. The smallest absolute Gasteiger partial charge is 0.151 e. The highest BCUT2D eigenvalue weighted by molar-refractivity contribution is 6.12. The van der Waals surface area contributed by atoms with Crippen LogP contribution < -0.4 is 19.3 Å². The summed E-state index contributed by atoms with van der Waals surface area (Å²) in [6.07, 6.45) is 5.99. The van der Waals surface area contributed by atoms with Crippen LogP contribution in [0.4, 0.5) is 34.1 Å². The van der Waals surface area contributed by atoms with Gasteiger partial charge in [0, 0.05) is 27.8 Å². The zero-order valence-electron chi connectivity index (χ0n) is 35.4. The summed E-state index contributed by atoms with van der Waals surface area (Å²) in [4.78, 5) is 4.66. The summed E-state index contributed by atoms with van der Waals surface area (Å²) in [5.41, 5.74) is 13.9. The van der Waals surface area contributed by atoms with Crippen LogP contribution in [0.3, 0.4) is 0 Å². The monoisotopic (exact) mass is 819 g/mol. The molecule has 4 atom stereocenters. The van der Waals surface area contributed by atoms with Gasteiger partial charge in [0.05, 0.1) is 57.8 Å². The minimum atomic E-state index is 0.00815. The van der Waals surface area contributed by atoms with Gasteiger partial charge in [-0.05, 0) is 171 Å². The van der Waals surface area contributed by atoms with Crippen LogP contribution in [-0.2, 0) is 0 Å². The highest BCUT2D eigenvalue weighted by Gasteiger charge is 2.35. The van der Waals surface area contributed by atoms with Crippen LogP contribution in [-0.4, -0.2) is 4.57 Å². The van der Waals surface area contributed by atoms with E-state index >= 15 is 0 Å². The third kappa shape index (κ3) is 5.98. The molecule has 0 bridgehead atoms. The molecule has 0 amide bonds. The van der Waals surface area contributed by atoms with E-state index in [1.54, 1.807) is 0 Å². The number of benzene rings is 7. The molecule has 0 saturated heterocycles. The zero-order chi connectivity index (χ0) is 42.3. The normalized spacial score (nSPS) is 19.7. The molecule has 12 rings (SSSR count). The van der Waals surface area contributed by atoms with Gasteiger partial charge in [-0.25, -0.2) is 0 Å². The van der Waals surface area contributed by atoms with Crippen molar-refractivity contribution in [2.24, 2.45) is 11.8 Å². The van der Waals surface area contributed by atoms with Crippen LogP contribution >= 0.6 is 0 Å². The van der Waals surface area contributed by atoms with Gasteiger partial charge in [-0.15, -0.1) is 0 Å². The van der Waals surface area contributed by atoms with E-state index in [0.717, 1.165) is 145 Å². The molecule has 7 aromatic carbocycles. The van der Waals surface area contributed by atoms with Crippen LogP contribution in [0.15, 0.2) is 140 Å². The van der Waals surface area contributed by atoms with Gasteiger partial charge in [-0.3, -0.25) is 0 Å². The molecule has 7 heteroatoms. The molecule has 2 fully saturated rings. The van der Waals surface area contributed by atoms with Gasteiger partial charge in [-0.2, -0.15) is 10.5 Å². The molecule has 1 aromatic heterocycles. The fourth-order valence-corrected chi connectivity index (χ4v) is 11.0.